The Morgan fingerprint density at radius 3 is 2.20 bits per heavy atom. The van der Waals surface area contributed by atoms with Crippen molar-refractivity contribution in [2.24, 2.45) is 0 Å². The van der Waals surface area contributed by atoms with Gasteiger partial charge in [-0.05, 0) is 62.2 Å². The van der Waals surface area contributed by atoms with Crippen LogP contribution in [0.2, 0.25) is 0 Å². The molecule has 3 rings (SSSR count). The molecule has 184 valence electrons. The molecular formula is C27H31N3O5. The van der Waals surface area contributed by atoms with Gasteiger partial charge in [0.05, 0.1) is 44.1 Å². The minimum atomic E-state index is -0.220. The van der Waals surface area contributed by atoms with Gasteiger partial charge in [-0.15, -0.1) is 0 Å². The van der Waals surface area contributed by atoms with Gasteiger partial charge >= 0.3 is 0 Å². The SMILES string of the molecule is COc1ccc(/C=C/C(=O)NCc2ccc(OCc3nc(C)c(C)nc3C)c(OC)c2)cc1OC. The van der Waals surface area contributed by atoms with Crippen LogP contribution in [0.3, 0.4) is 0 Å². The van der Waals surface area contributed by atoms with Gasteiger partial charge in [0, 0.05) is 12.6 Å². The molecule has 0 saturated carbocycles. The molecule has 3 aromatic rings. The van der Waals surface area contributed by atoms with E-state index in [-0.39, 0.29) is 12.5 Å². The number of aromatic nitrogens is 2. The molecule has 2 aromatic carbocycles. The topological polar surface area (TPSA) is 91.8 Å². The lowest BCUT2D eigenvalue weighted by molar-refractivity contribution is -0.116. The summed E-state index contributed by atoms with van der Waals surface area (Å²) in [5, 5.41) is 2.87. The fourth-order valence-corrected chi connectivity index (χ4v) is 3.36. The van der Waals surface area contributed by atoms with Crippen LogP contribution in [0.1, 0.15) is 33.9 Å². The number of methoxy groups -OCH3 is 3. The Labute approximate surface area is 205 Å². The average molecular weight is 478 g/mol. The number of carbonyl (C=O) groups excluding carboxylic acids is 1. The molecule has 0 fully saturated rings. The summed E-state index contributed by atoms with van der Waals surface area (Å²) in [4.78, 5) is 21.4. The minimum Gasteiger partial charge on any atom is -0.493 e. The molecule has 0 aliphatic rings. The number of hydrogen-bond acceptors (Lipinski definition) is 7. The van der Waals surface area contributed by atoms with Gasteiger partial charge in [0.2, 0.25) is 5.91 Å². The molecule has 8 heteroatoms. The van der Waals surface area contributed by atoms with E-state index < -0.39 is 0 Å². The molecule has 0 aliphatic heterocycles. The number of amides is 1. The molecule has 0 unspecified atom stereocenters. The minimum absolute atomic E-state index is 0.220. The molecular weight excluding hydrogens is 446 g/mol. The molecule has 1 aromatic heterocycles. The van der Waals surface area contributed by atoms with E-state index >= 15 is 0 Å². The summed E-state index contributed by atoms with van der Waals surface area (Å²) in [6.07, 6.45) is 3.19. The predicted molar refractivity (Wildman–Crippen MR) is 134 cm³/mol. The number of ether oxygens (including phenoxy) is 4. The third kappa shape index (κ3) is 6.72. The Hall–Kier alpha value is -4.07. The molecule has 0 atom stereocenters. The number of carbonyl (C=O) groups is 1. The van der Waals surface area contributed by atoms with E-state index in [1.54, 1.807) is 39.5 Å². The summed E-state index contributed by atoms with van der Waals surface area (Å²) in [5.74, 6) is 2.18. The number of rotatable bonds is 10. The highest BCUT2D eigenvalue weighted by molar-refractivity contribution is 5.91. The van der Waals surface area contributed by atoms with Crippen molar-refractivity contribution in [3.8, 4) is 23.0 Å². The second-order valence-electron chi connectivity index (χ2n) is 7.87. The summed E-state index contributed by atoms with van der Waals surface area (Å²) >= 11 is 0. The van der Waals surface area contributed by atoms with Crippen LogP contribution in [0.25, 0.3) is 6.08 Å². The van der Waals surface area contributed by atoms with Crippen molar-refractivity contribution in [1.29, 1.82) is 0 Å². The van der Waals surface area contributed by atoms with Crippen molar-refractivity contribution in [3.63, 3.8) is 0 Å². The lowest BCUT2D eigenvalue weighted by atomic mass is 10.1. The number of nitrogens with zero attached hydrogens (tertiary/aromatic N) is 2. The fraction of sp³-hybridized carbons (Fsp3) is 0.296. The molecule has 35 heavy (non-hydrogen) atoms. The van der Waals surface area contributed by atoms with Crippen LogP contribution >= 0.6 is 0 Å². The molecule has 0 bridgehead atoms. The van der Waals surface area contributed by atoms with Crippen molar-refractivity contribution >= 4 is 12.0 Å². The first kappa shape index (κ1) is 25.6. The maximum Gasteiger partial charge on any atom is 0.244 e. The molecule has 0 spiro atoms. The number of nitrogens with one attached hydrogen (secondary N) is 1. The van der Waals surface area contributed by atoms with E-state index in [2.05, 4.69) is 15.3 Å². The Morgan fingerprint density at radius 2 is 1.49 bits per heavy atom. The highest BCUT2D eigenvalue weighted by Gasteiger charge is 2.10. The summed E-state index contributed by atoms with van der Waals surface area (Å²) in [6, 6.07) is 11.0. The van der Waals surface area contributed by atoms with E-state index in [0.29, 0.717) is 29.5 Å². The van der Waals surface area contributed by atoms with Crippen molar-refractivity contribution in [2.45, 2.75) is 33.9 Å². The molecule has 1 amide bonds. The standard InChI is InChI=1S/C27H31N3O5/c1-17-18(2)30-22(19(3)29-17)16-35-24-11-8-21(14-26(24)34-6)15-28-27(31)12-9-20-7-10-23(32-4)25(13-20)33-5/h7-14H,15-16H2,1-6H3,(H,28,31)/b12-9+. The molecule has 1 heterocycles. The van der Waals surface area contributed by atoms with Crippen molar-refractivity contribution in [2.75, 3.05) is 21.3 Å². The summed E-state index contributed by atoms with van der Waals surface area (Å²) < 4.78 is 22.0. The van der Waals surface area contributed by atoms with Gasteiger partial charge in [-0.3, -0.25) is 14.8 Å². The zero-order chi connectivity index (χ0) is 25.4. The van der Waals surface area contributed by atoms with Gasteiger partial charge in [-0.2, -0.15) is 0 Å². The molecule has 8 nitrogen and oxygen atoms in total. The zero-order valence-electron chi connectivity index (χ0n) is 21.0. The lowest BCUT2D eigenvalue weighted by Crippen LogP contribution is -2.20. The van der Waals surface area contributed by atoms with Crippen molar-refractivity contribution < 1.29 is 23.7 Å². The van der Waals surface area contributed by atoms with Gasteiger partial charge in [0.25, 0.3) is 0 Å². The monoisotopic (exact) mass is 477 g/mol. The van der Waals surface area contributed by atoms with Gasteiger partial charge < -0.3 is 24.3 Å². The normalized spacial score (nSPS) is 10.8. The first-order chi connectivity index (χ1) is 16.8. The quantitative estimate of drug-likeness (QED) is 0.435. The van der Waals surface area contributed by atoms with Gasteiger partial charge in [0.1, 0.15) is 6.61 Å². The number of aryl methyl sites for hydroxylation is 3. The average Bonchev–Trinajstić information content (AvgIpc) is 2.87. The number of benzene rings is 2. The van der Waals surface area contributed by atoms with Crippen LogP contribution in [-0.4, -0.2) is 37.2 Å². The van der Waals surface area contributed by atoms with Crippen LogP contribution in [-0.2, 0) is 17.9 Å². The Bertz CT molecular complexity index is 1220. The van der Waals surface area contributed by atoms with E-state index in [1.165, 1.54) is 6.08 Å². The third-order valence-corrected chi connectivity index (χ3v) is 5.47. The summed E-state index contributed by atoms with van der Waals surface area (Å²) in [6.45, 7) is 6.41. The van der Waals surface area contributed by atoms with Gasteiger partial charge in [-0.25, -0.2) is 0 Å². The smallest absolute Gasteiger partial charge is 0.244 e. The third-order valence-electron chi connectivity index (χ3n) is 5.47. The van der Waals surface area contributed by atoms with Crippen LogP contribution in [0, 0.1) is 20.8 Å². The predicted octanol–water partition coefficient (Wildman–Crippen LogP) is 4.34. The van der Waals surface area contributed by atoms with Crippen molar-refractivity contribution in [1.82, 2.24) is 15.3 Å². The maximum absolute atomic E-state index is 12.3. The zero-order valence-corrected chi connectivity index (χ0v) is 21.0. The molecule has 0 radical (unpaired) electrons. The highest BCUT2D eigenvalue weighted by atomic mass is 16.5. The first-order valence-electron chi connectivity index (χ1n) is 11.1. The van der Waals surface area contributed by atoms with E-state index in [1.807, 2.05) is 45.0 Å². The Kier molecular flexibility index (Phi) is 8.67. The van der Waals surface area contributed by atoms with E-state index in [9.17, 15) is 4.79 Å². The first-order valence-corrected chi connectivity index (χ1v) is 11.1. The Morgan fingerprint density at radius 1 is 0.829 bits per heavy atom. The van der Waals surface area contributed by atoms with E-state index in [0.717, 1.165) is 33.9 Å². The molecule has 0 saturated heterocycles. The van der Waals surface area contributed by atoms with Crippen LogP contribution in [0.4, 0.5) is 0 Å². The summed E-state index contributed by atoms with van der Waals surface area (Å²) in [5.41, 5.74) is 5.12. The molecule has 1 N–H and O–H groups in total. The van der Waals surface area contributed by atoms with Crippen LogP contribution < -0.4 is 24.3 Å². The van der Waals surface area contributed by atoms with E-state index in [4.69, 9.17) is 18.9 Å². The summed E-state index contributed by atoms with van der Waals surface area (Å²) in [7, 11) is 4.73. The number of hydrogen-bond donors (Lipinski definition) is 1. The maximum atomic E-state index is 12.3. The van der Waals surface area contributed by atoms with Crippen LogP contribution in [0.15, 0.2) is 42.5 Å². The highest BCUT2D eigenvalue weighted by Crippen LogP contribution is 2.29. The largest absolute Gasteiger partial charge is 0.493 e. The fourth-order valence-electron chi connectivity index (χ4n) is 3.36. The lowest BCUT2D eigenvalue weighted by Gasteiger charge is -2.13. The second kappa shape index (κ2) is 11.9. The van der Waals surface area contributed by atoms with Crippen LogP contribution in [0.5, 0.6) is 23.0 Å². The molecule has 0 aliphatic carbocycles. The van der Waals surface area contributed by atoms with Crippen molar-refractivity contribution in [3.05, 3.63) is 76.4 Å². The van der Waals surface area contributed by atoms with Gasteiger partial charge in [-0.1, -0.05) is 12.1 Å². The Balaban J connectivity index is 1.59. The second-order valence-corrected chi connectivity index (χ2v) is 7.87. The van der Waals surface area contributed by atoms with Gasteiger partial charge in [0.15, 0.2) is 23.0 Å².